The van der Waals surface area contributed by atoms with E-state index in [2.05, 4.69) is 15.8 Å². The van der Waals surface area contributed by atoms with Crippen molar-refractivity contribution in [3.8, 4) is 5.75 Å². The molecule has 0 spiro atoms. The van der Waals surface area contributed by atoms with Crippen LogP contribution in [0.25, 0.3) is 0 Å². The van der Waals surface area contributed by atoms with E-state index in [1.54, 1.807) is 31.2 Å². The van der Waals surface area contributed by atoms with E-state index in [0.29, 0.717) is 54.4 Å². The Morgan fingerprint density at radius 3 is 2.88 bits per heavy atom. The van der Waals surface area contributed by atoms with E-state index < -0.39 is 0 Å². The van der Waals surface area contributed by atoms with Gasteiger partial charge in [-0.3, -0.25) is 14.4 Å². The maximum Gasteiger partial charge on any atom is 0.276 e. The number of hydrogen-bond acceptors (Lipinski definition) is 6. The van der Waals surface area contributed by atoms with Crippen molar-refractivity contribution in [1.29, 1.82) is 0 Å². The summed E-state index contributed by atoms with van der Waals surface area (Å²) in [6.07, 6.45) is 2.76. The van der Waals surface area contributed by atoms with E-state index in [0.717, 1.165) is 6.42 Å². The largest absolute Gasteiger partial charge is 0.491 e. The second-order valence-corrected chi connectivity index (χ2v) is 8.47. The summed E-state index contributed by atoms with van der Waals surface area (Å²) in [5.41, 5.74) is 0.516. The number of benzene rings is 1. The lowest BCUT2D eigenvalue weighted by atomic mass is 10.1. The highest BCUT2D eigenvalue weighted by molar-refractivity contribution is 6.31. The van der Waals surface area contributed by atoms with Gasteiger partial charge in [-0.15, -0.1) is 0 Å². The molecule has 0 bridgehead atoms. The molecule has 0 fully saturated rings. The van der Waals surface area contributed by atoms with Crippen LogP contribution < -0.4 is 15.4 Å². The summed E-state index contributed by atoms with van der Waals surface area (Å²) >= 11 is 6.06. The van der Waals surface area contributed by atoms with Crippen LogP contribution in [-0.2, 0) is 11.2 Å². The zero-order valence-corrected chi connectivity index (χ0v) is 19.6. The molecule has 1 aromatic heterocycles. The van der Waals surface area contributed by atoms with Gasteiger partial charge in [-0.25, -0.2) is 0 Å². The molecular weight excluding hydrogens is 448 g/mol. The fourth-order valence-electron chi connectivity index (χ4n) is 3.47. The van der Waals surface area contributed by atoms with Crippen LogP contribution >= 0.6 is 11.6 Å². The van der Waals surface area contributed by atoms with Crippen LogP contribution in [0.5, 0.6) is 5.75 Å². The molecule has 2 aromatic rings. The van der Waals surface area contributed by atoms with Crippen molar-refractivity contribution in [3.05, 3.63) is 46.3 Å². The van der Waals surface area contributed by atoms with Gasteiger partial charge in [0.25, 0.3) is 11.8 Å². The molecule has 1 aromatic carbocycles. The van der Waals surface area contributed by atoms with Gasteiger partial charge in [0.2, 0.25) is 5.91 Å². The monoisotopic (exact) mass is 476 g/mol. The minimum absolute atomic E-state index is 0.113. The van der Waals surface area contributed by atoms with Gasteiger partial charge >= 0.3 is 0 Å². The molecule has 0 saturated heterocycles. The molecule has 1 aliphatic heterocycles. The summed E-state index contributed by atoms with van der Waals surface area (Å²) in [4.78, 5) is 39.7. The average molecular weight is 477 g/mol. The van der Waals surface area contributed by atoms with Gasteiger partial charge < -0.3 is 24.8 Å². The minimum atomic E-state index is -0.365. The van der Waals surface area contributed by atoms with Gasteiger partial charge in [-0.05, 0) is 44.4 Å². The predicted octanol–water partition coefficient (Wildman–Crippen LogP) is 2.83. The summed E-state index contributed by atoms with van der Waals surface area (Å²) in [6, 6.07) is 6.10. The molecule has 1 atom stereocenters. The number of aryl methyl sites for hydroxylation is 1. The molecule has 3 rings (SSSR count). The first-order valence-electron chi connectivity index (χ1n) is 11.1. The number of hydrogen-bond donors (Lipinski definition) is 2. The van der Waals surface area contributed by atoms with E-state index in [4.69, 9.17) is 20.9 Å². The third-order valence-electron chi connectivity index (χ3n) is 5.12. The van der Waals surface area contributed by atoms with Crippen molar-refractivity contribution >= 4 is 29.3 Å². The third kappa shape index (κ3) is 6.95. The first kappa shape index (κ1) is 24.6. The van der Waals surface area contributed by atoms with E-state index in [-0.39, 0.29) is 42.6 Å². The summed E-state index contributed by atoms with van der Waals surface area (Å²) in [5, 5.41) is 9.99. The number of ether oxygens (including phenoxy) is 1. The molecule has 33 heavy (non-hydrogen) atoms. The summed E-state index contributed by atoms with van der Waals surface area (Å²) in [6.45, 7) is 4.56. The minimum Gasteiger partial charge on any atom is -0.491 e. The van der Waals surface area contributed by atoms with Crippen LogP contribution in [-0.4, -0.2) is 60.1 Å². The Labute approximate surface area is 197 Å². The van der Waals surface area contributed by atoms with E-state index >= 15 is 0 Å². The van der Waals surface area contributed by atoms with E-state index in [9.17, 15) is 14.4 Å². The van der Waals surface area contributed by atoms with E-state index in [1.807, 2.05) is 6.92 Å². The van der Waals surface area contributed by atoms with Crippen LogP contribution in [0.4, 0.5) is 0 Å². The molecule has 3 amide bonds. The second kappa shape index (κ2) is 11.7. The number of amides is 3. The lowest BCUT2D eigenvalue weighted by Gasteiger charge is -2.22. The zero-order valence-electron chi connectivity index (χ0n) is 18.9. The number of nitrogens with zero attached hydrogens (tertiary/aromatic N) is 2. The predicted molar refractivity (Wildman–Crippen MR) is 123 cm³/mol. The van der Waals surface area contributed by atoms with Crippen molar-refractivity contribution in [2.75, 3.05) is 26.2 Å². The molecule has 0 unspecified atom stereocenters. The SMILES string of the molecule is CCCc1cc(C(=O)N2CCCCNC(=O)c3cc(Cl)ccc3OC[C@H](C)NC(=O)C2)no1. The van der Waals surface area contributed by atoms with Gasteiger partial charge in [-0.2, -0.15) is 0 Å². The number of nitrogens with one attached hydrogen (secondary N) is 2. The first-order chi connectivity index (χ1) is 15.9. The molecule has 0 saturated carbocycles. The maximum atomic E-state index is 13.0. The molecule has 2 heterocycles. The maximum absolute atomic E-state index is 13.0. The number of aromatic nitrogens is 1. The molecule has 0 radical (unpaired) electrons. The van der Waals surface area contributed by atoms with Gasteiger partial charge in [0, 0.05) is 30.6 Å². The normalized spacial score (nSPS) is 18.3. The number of halogens is 1. The molecule has 178 valence electrons. The molecule has 1 aliphatic rings. The van der Waals surface area contributed by atoms with E-state index in [1.165, 1.54) is 4.90 Å². The summed E-state index contributed by atoms with van der Waals surface area (Å²) < 4.78 is 11.0. The van der Waals surface area contributed by atoms with Gasteiger partial charge in [-0.1, -0.05) is 23.7 Å². The van der Waals surface area contributed by atoms with Crippen LogP contribution in [0.15, 0.2) is 28.8 Å². The summed E-state index contributed by atoms with van der Waals surface area (Å²) in [7, 11) is 0. The van der Waals surface area contributed by atoms with Gasteiger partial charge in [0.15, 0.2) is 5.69 Å². The third-order valence-corrected chi connectivity index (χ3v) is 5.35. The lowest BCUT2D eigenvalue weighted by Crippen LogP contribution is -2.45. The number of rotatable bonds is 3. The average Bonchev–Trinajstić information content (AvgIpc) is 3.24. The molecular formula is C23H29ClN4O5. The van der Waals surface area contributed by atoms with Crippen molar-refractivity contribution in [2.45, 2.75) is 45.6 Å². The second-order valence-electron chi connectivity index (χ2n) is 8.04. The highest BCUT2D eigenvalue weighted by Crippen LogP contribution is 2.23. The van der Waals surface area contributed by atoms with Crippen molar-refractivity contribution in [2.24, 2.45) is 0 Å². The Kier molecular flexibility index (Phi) is 8.71. The Morgan fingerprint density at radius 2 is 2.09 bits per heavy atom. The Balaban J connectivity index is 1.73. The van der Waals surface area contributed by atoms with Crippen LogP contribution in [0.3, 0.4) is 0 Å². The fraction of sp³-hybridized carbons (Fsp3) is 0.478. The smallest absolute Gasteiger partial charge is 0.276 e. The van der Waals surface area contributed by atoms with Crippen molar-refractivity contribution in [3.63, 3.8) is 0 Å². The summed E-state index contributed by atoms with van der Waals surface area (Å²) in [5.74, 6) is 0.0566. The molecule has 9 nitrogen and oxygen atoms in total. The number of carbonyl (C=O) groups excluding carboxylic acids is 3. The first-order valence-corrected chi connectivity index (χ1v) is 11.5. The molecule has 2 N–H and O–H groups in total. The topological polar surface area (TPSA) is 114 Å². The van der Waals surface area contributed by atoms with Crippen LogP contribution in [0.2, 0.25) is 5.02 Å². The Hall–Kier alpha value is -3.07. The van der Waals surface area contributed by atoms with Gasteiger partial charge in [0.1, 0.15) is 18.1 Å². The standard InChI is InChI=1S/C23H29ClN4O5/c1-3-6-17-12-19(27-33-17)23(31)28-10-5-4-9-25-22(30)18-11-16(24)7-8-20(18)32-14-15(2)26-21(29)13-28/h7-8,11-12,15H,3-6,9-10,13-14H2,1-2H3,(H,25,30)(H,26,29)/t15-/m0/s1. The van der Waals surface area contributed by atoms with Crippen LogP contribution in [0, 0.1) is 0 Å². The van der Waals surface area contributed by atoms with Crippen LogP contribution in [0.1, 0.15) is 59.7 Å². The number of fused-ring (bicyclic) bond motifs is 1. The van der Waals surface area contributed by atoms with Gasteiger partial charge in [0.05, 0.1) is 18.2 Å². The van der Waals surface area contributed by atoms with Crippen molar-refractivity contribution in [1.82, 2.24) is 20.7 Å². The fourth-order valence-corrected chi connectivity index (χ4v) is 3.65. The quantitative estimate of drug-likeness (QED) is 0.704. The molecule has 10 heteroatoms. The zero-order chi connectivity index (χ0) is 23.8. The highest BCUT2D eigenvalue weighted by atomic mass is 35.5. The van der Waals surface area contributed by atoms with Crippen molar-refractivity contribution < 1.29 is 23.6 Å². The Bertz CT molecular complexity index is 993. The lowest BCUT2D eigenvalue weighted by molar-refractivity contribution is -0.122. The highest BCUT2D eigenvalue weighted by Gasteiger charge is 2.23. The Morgan fingerprint density at radius 1 is 1.27 bits per heavy atom. The number of carbonyl (C=O) groups is 3. The molecule has 0 aliphatic carbocycles.